The first kappa shape index (κ1) is 20.6. The molecule has 0 unspecified atom stereocenters. The molecule has 1 aromatic heterocycles. The molecule has 0 atom stereocenters. The second-order valence-corrected chi connectivity index (χ2v) is 7.25. The number of hydrogen-bond donors (Lipinski definition) is 1. The molecule has 1 N–H and O–H groups in total. The zero-order valence-corrected chi connectivity index (χ0v) is 17.3. The number of ether oxygens (including phenoxy) is 1. The highest BCUT2D eigenvalue weighted by atomic mass is 19.1. The van der Waals surface area contributed by atoms with E-state index < -0.39 is 0 Å². The largest absolute Gasteiger partial charge is 0.496 e. The van der Waals surface area contributed by atoms with Crippen molar-refractivity contribution >= 4 is 16.9 Å². The van der Waals surface area contributed by atoms with Crippen LogP contribution in [0.25, 0.3) is 11.0 Å². The molecule has 0 spiro atoms. The van der Waals surface area contributed by atoms with Crippen LogP contribution < -0.4 is 10.1 Å². The smallest absolute Gasteiger partial charge is 0.255 e. The average Bonchev–Trinajstić information content (AvgIpc) is 3.15. The minimum absolute atomic E-state index is 0.169. The number of aryl methyl sites for hydroxylation is 1. The van der Waals surface area contributed by atoms with Gasteiger partial charge in [0.1, 0.15) is 17.4 Å². The van der Waals surface area contributed by atoms with Gasteiger partial charge in [0.2, 0.25) is 0 Å². The highest BCUT2D eigenvalue weighted by Crippen LogP contribution is 2.20. The molecule has 1 amide bonds. The fraction of sp³-hybridized carbons (Fsp3) is 0.200. The topological polar surface area (TPSA) is 56.1 Å². The summed E-state index contributed by atoms with van der Waals surface area (Å²) in [6.45, 7) is 0.913. The Hall–Kier alpha value is -3.67. The summed E-state index contributed by atoms with van der Waals surface area (Å²) in [7, 11) is 1.55. The van der Waals surface area contributed by atoms with Crippen molar-refractivity contribution in [2.75, 3.05) is 13.7 Å². The minimum atomic E-state index is -0.227. The van der Waals surface area contributed by atoms with Gasteiger partial charge in [-0.25, -0.2) is 9.37 Å². The van der Waals surface area contributed by atoms with E-state index in [4.69, 9.17) is 9.72 Å². The number of fused-ring (bicyclic) bond motifs is 1. The number of amides is 1. The minimum Gasteiger partial charge on any atom is -0.496 e. The second-order valence-electron chi connectivity index (χ2n) is 7.25. The Kier molecular flexibility index (Phi) is 6.26. The third-order valence-electron chi connectivity index (χ3n) is 5.23. The van der Waals surface area contributed by atoms with Crippen LogP contribution in [0.15, 0.2) is 72.8 Å². The van der Waals surface area contributed by atoms with Crippen LogP contribution in [-0.2, 0) is 13.0 Å². The number of carbonyl (C=O) groups is 1. The maximum Gasteiger partial charge on any atom is 0.255 e. The maximum absolute atomic E-state index is 14.2. The number of carbonyl (C=O) groups excluding carboxylic acids is 1. The predicted octanol–water partition coefficient (Wildman–Crippen LogP) is 4.59. The van der Waals surface area contributed by atoms with Gasteiger partial charge in [-0.15, -0.1) is 0 Å². The molecule has 0 saturated heterocycles. The van der Waals surface area contributed by atoms with Crippen LogP contribution in [0.4, 0.5) is 4.39 Å². The third kappa shape index (κ3) is 4.58. The predicted molar refractivity (Wildman–Crippen MR) is 119 cm³/mol. The fourth-order valence-electron chi connectivity index (χ4n) is 3.67. The van der Waals surface area contributed by atoms with Crippen LogP contribution >= 0.6 is 0 Å². The first-order valence-corrected chi connectivity index (χ1v) is 10.3. The zero-order valence-electron chi connectivity index (χ0n) is 17.3. The van der Waals surface area contributed by atoms with Gasteiger partial charge in [0.15, 0.2) is 0 Å². The molecule has 3 aromatic carbocycles. The Labute approximate surface area is 180 Å². The Bertz CT molecular complexity index is 1200. The molecule has 0 saturated carbocycles. The standard InChI is InChI=1S/C25H24FN3O2/c1-31-23-14-7-3-10-19(23)25(30)27-16-8-15-24-28-21-12-5-6-13-22(21)29(24)17-18-9-2-4-11-20(18)26/h2-7,9-14H,8,15-17H2,1H3,(H,27,30). The van der Waals surface area contributed by atoms with Gasteiger partial charge in [0, 0.05) is 18.5 Å². The number of rotatable bonds is 8. The summed E-state index contributed by atoms with van der Waals surface area (Å²) in [4.78, 5) is 17.2. The Morgan fingerprint density at radius 1 is 1.03 bits per heavy atom. The second kappa shape index (κ2) is 9.43. The Balaban J connectivity index is 1.46. The summed E-state index contributed by atoms with van der Waals surface area (Å²) in [6.07, 6.45) is 1.37. The molecule has 0 aliphatic heterocycles. The highest BCUT2D eigenvalue weighted by molar-refractivity contribution is 5.96. The van der Waals surface area contributed by atoms with E-state index in [0.717, 1.165) is 16.9 Å². The molecule has 0 aliphatic carbocycles. The van der Waals surface area contributed by atoms with Crippen LogP contribution in [0.2, 0.25) is 0 Å². The monoisotopic (exact) mass is 417 g/mol. The summed E-state index contributed by atoms with van der Waals surface area (Å²) in [5.74, 6) is 1.02. The van der Waals surface area contributed by atoms with Crippen molar-refractivity contribution < 1.29 is 13.9 Å². The van der Waals surface area contributed by atoms with E-state index in [2.05, 4.69) is 9.88 Å². The molecule has 31 heavy (non-hydrogen) atoms. The molecule has 0 fully saturated rings. The van der Waals surface area contributed by atoms with E-state index >= 15 is 0 Å². The molecule has 1 heterocycles. The van der Waals surface area contributed by atoms with Gasteiger partial charge in [-0.2, -0.15) is 0 Å². The summed E-state index contributed by atoms with van der Waals surface area (Å²) in [6, 6.07) is 21.8. The number of methoxy groups -OCH3 is 1. The SMILES string of the molecule is COc1ccccc1C(=O)NCCCc1nc2ccccc2n1Cc1ccccc1F. The lowest BCUT2D eigenvalue weighted by molar-refractivity contribution is 0.0950. The van der Waals surface area contributed by atoms with E-state index in [0.29, 0.717) is 42.8 Å². The number of aromatic nitrogens is 2. The normalized spacial score (nSPS) is 10.9. The lowest BCUT2D eigenvalue weighted by Crippen LogP contribution is -2.25. The number of benzene rings is 3. The summed E-state index contributed by atoms with van der Waals surface area (Å²) < 4.78 is 21.5. The van der Waals surface area contributed by atoms with E-state index in [9.17, 15) is 9.18 Å². The lowest BCUT2D eigenvalue weighted by Gasteiger charge is -2.11. The number of hydrogen-bond acceptors (Lipinski definition) is 3. The van der Waals surface area contributed by atoms with E-state index in [-0.39, 0.29) is 11.7 Å². The lowest BCUT2D eigenvalue weighted by atomic mass is 10.2. The van der Waals surface area contributed by atoms with Gasteiger partial charge in [-0.3, -0.25) is 4.79 Å². The van der Waals surface area contributed by atoms with Crippen molar-refractivity contribution in [1.82, 2.24) is 14.9 Å². The number of nitrogens with zero attached hydrogens (tertiary/aromatic N) is 2. The quantitative estimate of drug-likeness (QED) is 0.427. The fourth-order valence-corrected chi connectivity index (χ4v) is 3.67. The van der Waals surface area contributed by atoms with Crippen molar-refractivity contribution in [3.8, 4) is 5.75 Å². The van der Waals surface area contributed by atoms with Crippen molar-refractivity contribution in [2.45, 2.75) is 19.4 Å². The summed E-state index contributed by atoms with van der Waals surface area (Å²) in [5, 5.41) is 2.94. The van der Waals surface area contributed by atoms with Crippen molar-refractivity contribution in [2.24, 2.45) is 0 Å². The number of nitrogens with one attached hydrogen (secondary N) is 1. The van der Waals surface area contributed by atoms with Crippen molar-refractivity contribution in [1.29, 1.82) is 0 Å². The molecule has 0 radical (unpaired) electrons. The van der Waals surface area contributed by atoms with Gasteiger partial charge in [0.05, 0.1) is 30.3 Å². The zero-order chi connectivity index (χ0) is 21.6. The molecule has 0 aliphatic rings. The molecule has 158 valence electrons. The first-order chi connectivity index (χ1) is 15.2. The molecule has 6 heteroatoms. The van der Waals surface area contributed by atoms with Crippen molar-refractivity contribution in [3.63, 3.8) is 0 Å². The number of para-hydroxylation sites is 3. The van der Waals surface area contributed by atoms with Crippen LogP contribution in [0, 0.1) is 5.82 Å². The van der Waals surface area contributed by atoms with Crippen LogP contribution in [-0.4, -0.2) is 29.1 Å². The van der Waals surface area contributed by atoms with Gasteiger partial charge < -0.3 is 14.6 Å². The van der Waals surface area contributed by atoms with E-state index in [1.165, 1.54) is 6.07 Å². The highest BCUT2D eigenvalue weighted by Gasteiger charge is 2.14. The van der Waals surface area contributed by atoms with Crippen molar-refractivity contribution in [3.05, 3.63) is 95.6 Å². The van der Waals surface area contributed by atoms with Gasteiger partial charge >= 0.3 is 0 Å². The number of imidazole rings is 1. The van der Waals surface area contributed by atoms with Crippen LogP contribution in [0.3, 0.4) is 0 Å². The Morgan fingerprint density at radius 2 is 1.77 bits per heavy atom. The van der Waals surface area contributed by atoms with Gasteiger partial charge in [-0.1, -0.05) is 42.5 Å². The van der Waals surface area contributed by atoms with Crippen LogP contribution in [0.5, 0.6) is 5.75 Å². The molecular formula is C25H24FN3O2. The molecular weight excluding hydrogens is 393 g/mol. The first-order valence-electron chi connectivity index (χ1n) is 10.3. The third-order valence-corrected chi connectivity index (χ3v) is 5.23. The van der Waals surface area contributed by atoms with E-state index in [1.54, 1.807) is 31.4 Å². The maximum atomic E-state index is 14.2. The number of halogens is 1. The van der Waals surface area contributed by atoms with E-state index in [1.807, 2.05) is 42.5 Å². The molecule has 4 rings (SSSR count). The summed E-state index contributed by atoms with van der Waals surface area (Å²) >= 11 is 0. The summed E-state index contributed by atoms with van der Waals surface area (Å²) in [5.41, 5.74) is 2.99. The van der Waals surface area contributed by atoms with Gasteiger partial charge in [-0.05, 0) is 36.8 Å². The molecule has 0 bridgehead atoms. The van der Waals surface area contributed by atoms with Gasteiger partial charge in [0.25, 0.3) is 5.91 Å². The molecule has 4 aromatic rings. The average molecular weight is 417 g/mol. The Morgan fingerprint density at radius 3 is 2.61 bits per heavy atom. The molecule has 5 nitrogen and oxygen atoms in total. The van der Waals surface area contributed by atoms with Crippen LogP contribution in [0.1, 0.15) is 28.2 Å².